The summed E-state index contributed by atoms with van der Waals surface area (Å²) in [7, 11) is 0. The van der Waals surface area contributed by atoms with E-state index in [-0.39, 0.29) is 17.8 Å². The SMILES string of the molecule is Cc1noc(C)c1C(=O)N1CCO[C@@H](c2ccc(F)cc2)C1. The number of rotatable bonds is 2. The first-order valence-corrected chi connectivity index (χ1v) is 7.15. The van der Waals surface area contributed by atoms with Crippen molar-refractivity contribution in [3.8, 4) is 0 Å². The molecule has 1 atom stereocenters. The number of morpholine rings is 1. The molecule has 0 saturated carbocycles. The van der Waals surface area contributed by atoms with Crippen molar-refractivity contribution >= 4 is 5.91 Å². The minimum Gasteiger partial charge on any atom is -0.370 e. The number of halogens is 1. The Morgan fingerprint density at radius 3 is 2.68 bits per heavy atom. The molecule has 5 nitrogen and oxygen atoms in total. The molecule has 1 aromatic carbocycles. The maximum absolute atomic E-state index is 13.0. The summed E-state index contributed by atoms with van der Waals surface area (Å²) < 4.78 is 23.8. The van der Waals surface area contributed by atoms with Crippen molar-refractivity contribution in [1.29, 1.82) is 0 Å². The molecule has 1 amide bonds. The molecule has 0 radical (unpaired) electrons. The summed E-state index contributed by atoms with van der Waals surface area (Å²) in [6.45, 7) is 4.86. The Balaban J connectivity index is 1.78. The molecule has 0 spiro atoms. The summed E-state index contributed by atoms with van der Waals surface area (Å²) in [5.74, 6) is 0.127. The van der Waals surface area contributed by atoms with Crippen molar-refractivity contribution in [3.05, 3.63) is 52.7 Å². The van der Waals surface area contributed by atoms with Gasteiger partial charge in [-0.25, -0.2) is 4.39 Å². The molecule has 1 fully saturated rings. The van der Waals surface area contributed by atoms with Crippen LogP contribution in [-0.2, 0) is 4.74 Å². The van der Waals surface area contributed by atoms with Gasteiger partial charge in [0.15, 0.2) is 0 Å². The molecule has 116 valence electrons. The minimum absolute atomic E-state index is 0.105. The number of hydrogen-bond acceptors (Lipinski definition) is 4. The summed E-state index contributed by atoms with van der Waals surface area (Å²) in [6.07, 6.45) is -0.251. The molecule has 3 rings (SSSR count). The highest BCUT2D eigenvalue weighted by molar-refractivity contribution is 5.96. The van der Waals surface area contributed by atoms with Gasteiger partial charge < -0.3 is 14.2 Å². The van der Waals surface area contributed by atoms with Crippen LogP contribution in [0.2, 0.25) is 0 Å². The first kappa shape index (κ1) is 14.7. The summed E-state index contributed by atoms with van der Waals surface area (Å²) >= 11 is 0. The number of ether oxygens (including phenoxy) is 1. The topological polar surface area (TPSA) is 55.6 Å². The minimum atomic E-state index is -0.289. The number of carbonyl (C=O) groups is 1. The first-order valence-electron chi connectivity index (χ1n) is 7.15. The van der Waals surface area contributed by atoms with Gasteiger partial charge in [-0.1, -0.05) is 17.3 Å². The number of aromatic nitrogens is 1. The molecule has 2 aromatic rings. The Hall–Kier alpha value is -2.21. The molecule has 0 unspecified atom stereocenters. The Kier molecular flexibility index (Phi) is 3.94. The molecule has 1 saturated heterocycles. The Morgan fingerprint density at radius 1 is 1.32 bits per heavy atom. The Morgan fingerprint density at radius 2 is 2.05 bits per heavy atom. The van der Waals surface area contributed by atoms with Crippen LogP contribution < -0.4 is 0 Å². The van der Waals surface area contributed by atoms with Crippen LogP contribution in [0.15, 0.2) is 28.8 Å². The van der Waals surface area contributed by atoms with Crippen molar-refractivity contribution < 1.29 is 18.4 Å². The Bertz CT molecular complexity index is 662. The predicted octanol–water partition coefficient (Wildman–Crippen LogP) is 2.64. The maximum atomic E-state index is 13.0. The van der Waals surface area contributed by atoms with E-state index in [1.54, 1.807) is 30.9 Å². The number of aryl methyl sites for hydroxylation is 2. The van der Waals surface area contributed by atoms with Gasteiger partial charge in [-0.3, -0.25) is 4.79 Å². The van der Waals surface area contributed by atoms with Crippen molar-refractivity contribution in [2.45, 2.75) is 20.0 Å². The fourth-order valence-corrected chi connectivity index (χ4v) is 2.66. The molecule has 2 heterocycles. The van der Waals surface area contributed by atoms with E-state index >= 15 is 0 Å². The second-order valence-corrected chi connectivity index (χ2v) is 5.36. The molecule has 22 heavy (non-hydrogen) atoms. The summed E-state index contributed by atoms with van der Waals surface area (Å²) in [5, 5.41) is 3.82. The van der Waals surface area contributed by atoms with E-state index in [1.165, 1.54) is 12.1 Å². The van der Waals surface area contributed by atoms with Gasteiger partial charge in [-0.2, -0.15) is 0 Å². The van der Waals surface area contributed by atoms with Crippen LogP contribution in [0.5, 0.6) is 0 Å². The van der Waals surface area contributed by atoms with Crippen molar-refractivity contribution in [2.75, 3.05) is 19.7 Å². The average Bonchev–Trinajstić information content (AvgIpc) is 2.86. The van der Waals surface area contributed by atoms with Gasteiger partial charge >= 0.3 is 0 Å². The van der Waals surface area contributed by atoms with E-state index in [0.29, 0.717) is 36.7 Å². The van der Waals surface area contributed by atoms with Gasteiger partial charge in [0.2, 0.25) is 0 Å². The van der Waals surface area contributed by atoms with Crippen molar-refractivity contribution in [3.63, 3.8) is 0 Å². The molecule has 0 N–H and O–H groups in total. The maximum Gasteiger partial charge on any atom is 0.259 e. The van der Waals surface area contributed by atoms with E-state index in [0.717, 1.165) is 5.56 Å². The highest BCUT2D eigenvalue weighted by Crippen LogP contribution is 2.24. The zero-order valence-electron chi connectivity index (χ0n) is 12.5. The molecule has 1 aromatic heterocycles. The number of nitrogens with zero attached hydrogens (tertiary/aromatic N) is 2. The van der Waals surface area contributed by atoms with Crippen LogP contribution in [0.1, 0.15) is 33.5 Å². The fourth-order valence-electron chi connectivity index (χ4n) is 2.66. The van der Waals surface area contributed by atoms with Gasteiger partial charge in [0, 0.05) is 6.54 Å². The second-order valence-electron chi connectivity index (χ2n) is 5.36. The van der Waals surface area contributed by atoms with Crippen LogP contribution >= 0.6 is 0 Å². The van der Waals surface area contributed by atoms with Crippen molar-refractivity contribution in [2.24, 2.45) is 0 Å². The fraction of sp³-hybridized carbons (Fsp3) is 0.375. The van der Waals surface area contributed by atoms with E-state index in [1.807, 2.05) is 0 Å². The summed E-state index contributed by atoms with van der Waals surface area (Å²) in [6, 6.07) is 6.16. The van der Waals surface area contributed by atoms with Gasteiger partial charge in [-0.15, -0.1) is 0 Å². The predicted molar refractivity (Wildman–Crippen MR) is 77.0 cm³/mol. The van der Waals surface area contributed by atoms with Crippen molar-refractivity contribution in [1.82, 2.24) is 10.1 Å². The van der Waals surface area contributed by atoms with Crippen LogP contribution in [0.3, 0.4) is 0 Å². The van der Waals surface area contributed by atoms with Crippen LogP contribution in [-0.4, -0.2) is 35.7 Å². The van der Waals surface area contributed by atoms with Gasteiger partial charge in [0.1, 0.15) is 23.2 Å². The lowest BCUT2D eigenvalue weighted by Gasteiger charge is -2.33. The zero-order chi connectivity index (χ0) is 15.7. The Labute approximate surface area is 127 Å². The van der Waals surface area contributed by atoms with Gasteiger partial charge in [0.05, 0.1) is 18.8 Å². The molecular formula is C16H17FN2O3. The number of amides is 1. The van der Waals surface area contributed by atoms with Gasteiger partial charge in [-0.05, 0) is 31.5 Å². The third-order valence-corrected chi connectivity index (χ3v) is 3.84. The third kappa shape index (κ3) is 2.74. The number of carbonyl (C=O) groups excluding carboxylic acids is 1. The van der Waals surface area contributed by atoms with Crippen LogP contribution in [0.25, 0.3) is 0 Å². The normalized spacial score (nSPS) is 18.5. The molecular weight excluding hydrogens is 287 g/mol. The lowest BCUT2D eigenvalue weighted by atomic mass is 10.1. The van der Waals surface area contributed by atoms with E-state index < -0.39 is 0 Å². The molecule has 0 aliphatic carbocycles. The quantitative estimate of drug-likeness (QED) is 0.856. The van der Waals surface area contributed by atoms with E-state index in [4.69, 9.17) is 9.26 Å². The zero-order valence-corrected chi connectivity index (χ0v) is 12.5. The van der Waals surface area contributed by atoms with E-state index in [2.05, 4.69) is 5.16 Å². The molecule has 1 aliphatic rings. The summed E-state index contributed by atoms with van der Waals surface area (Å²) in [5.41, 5.74) is 1.96. The first-order chi connectivity index (χ1) is 10.6. The van der Waals surface area contributed by atoms with Gasteiger partial charge in [0.25, 0.3) is 5.91 Å². The highest BCUT2D eigenvalue weighted by atomic mass is 19.1. The largest absolute Gasteiger partial charge is 0.370 e. The highest BCUT2D eigenvalue weighted by Gasteiger charge is 2.29. The van der Waals surface area contributed by atoms with E-state index in [9.17, 15) is 9.18 Å². The summed E-state index contributed by atoms with van der Waals surface area (Å²) in [4.78, 5) is 14.4. The average molecular weight is 304 g/mol. The van der Waals surface area contributed by atoms with Crippen LogP contribution in [0, 0.1) is 19.7 Å². The second kappa shape index (κ2) is 5.88. The lowest BCUT2D eigenvalue weighted by Crippen LogP contribution is -2.42. The third-order valence-electron chi connectivity index (χ3n) is 3.84. The number of benzene rings is 1. The molecule has 1 aliphatic heterocycles. The monoisotopic (exact) mass is 304 g/mol. The standard InChI is InChI=1S/C16H17FN2O3/c1-10-15(11(2)22-18-10)16(20)19-7-8-21-14(9-19)12-3-5-13(17)6-4-12/h3-6,14H,7-9H2,1-2H3/t14-/m1/s1. The molecule has 6 heteroatoms. The number of hydrogen-bond donors (Lipinski definition) is 0. The lowest BCUT2D eigenvalue weighted by molar-refractivity contribution is -0.0229. The molecule has 0 bridgehead atoms. The van der Waals surface area contributed by atoms with Crippen LogP contribution in [0.4, 0.5) is 4.39 Å². The smallest absolute Gasteiger partial charge is 0.259 e.